The summed E-state index contributed by atoms with van der Waals surface area (Å²) in [7, 11) is 1.62. The van der Waals surface area contributed by atoms with Gasteiger partial charge in [0.2, 0.25) is 0 Å². The fourth-order valence-electron chi connectivity index (χ4n) is 1.10. The lowest BCUT2D eigenvalue weighted by atomic mass is 10.2. The van der Waals surface area contributed by atoms with Gasteiger partial charge in [-0.1, -0.05) is 11.6 Å². The molecule has 1 rings (SSSR count). The van der Waals surface area contributed by atoms with Crippen molar-refractivity contribution in [1.82, 2.24) is 14.9 Å². The van der Waals surface area contributed by atoms with E-state index in [1.165, 1.54) is 17.3 Å². The first-order valence-electron chi connectivity index (χ1n) is 4.68. The Labute approximate surface area is 98.7 Å². The van der Waals surface area contributed by atoms with Crippen molar-refractivity contribution < 1.29 is 4.79 Å². The van der Waals surface area contributed by atoms with Crippen molar-refractivity contribution in [2.24, 2.45) is 0 Å². The Hall–Kier alpha value is -1.67. The van der Waals surface area contributed by atoms with Crippen molar-refractivity contribution >= 4 is 17.5 Å². The largest absolute Gasteiger partial charge is 0.337 e. The zero-order chi connectivity index (χ0) is 12.1. The number of rotatable bonds is 3. The van der Waals surface area contributed by atoms with E-state index >= 15 is 0 Å². The molecule has 0 aliphatic carbocycles. The van der Waals surface area contributed by atoms with E-state index < -0.39 is 0 Å². The number of hydrogen-bond donors (Lipinski definition) is 0. The minimum absolute atomic E-state index is 0.168. The normalized spacial score (nSPS) is 11.6. The van der Waals surface area contributed by atoms with E-state index in [9.17, 15) is 4.79 Å². The first kappa shape index (κ1) is 12.4. The maximum absolute atomic E-state index is 11.9. The smallest absolute Gasteiger partial charge is 0.274 e. The van der Waals surface area contributed by atoms with E-state index in [2.05, 4.69) is 9.97 Å². The molecule has 16 heavy (non-hydrogen) atoms. The number of amides is 1. The minimum Gasteiger partial charge on any atom is -0.337 e. The van der Waals surface area contributed by atoms with Crippen LogP contribution in [0.25, 0.3) is 0 Å². The van der Waals surface area contributed by atoms with E-state index in [-0.39, 0.29) is 29.2 Å². The van der Waals surface area contributed by atoms with Gasteiger partial charge in [-0.15, -0.1) is 0 Å². The highest BCUT2D eigenvalue weighted by atomic mass is 35.5. The van der Waals surface area contributed by atoms with Crippen LogP contribution in [0, 0.1) is 11.3 Å². The number of carbonyl (C=O) groups excluding carboxylic acids is 1. The van der Waals surface area contributed by atoms with Gasteiger partial charge in [-0.3, -0.25) is 9.78 Å². The number of carbonyl (C=O) groups is 1. The van der Waals surface area contributed by atoms with E-state index in [0.717, 1.165) is 0 Å². The van der Waals surface area contributed by atoms with Gasteiger partial charge in [0.25, 0.3) is 5.91 Å². The van der Waals surface area contributed by atoms with Crippen LogP contribution >= 0.6 is 11.6 Å². The van der Waals surface area contributed by atoms with Gasteiger partial charge in [-0.2, -0.15) is 5.26 Å². The standard InChI is InChI=1S/C10H11ClN4O/c1-7(3-4-12)15(2)10(16)8-5-13-6-9(11)14-8/h5-7H,3H2,1-2H3. The summed E-state index contributed by atoms with van der Waals surface area (Å²) in [4.78, 5) is 21.0. The molecule has 0 aliphatic heterocycles. The second-order valence-corrected chi connectivity index (χ2v) is 3.74. The van der Waals surface area contributed by atoms with Gasteiger partial charge >= 0.3 is 0 Å². The molecule has 0 saturated carbocycles. The Morgan fingerprint density at radius 2 is 2.38 bits per heavy atom. The van der Waals surface area contributed by atoms with Gasteiger partial charge in [0.15, 0.2) is 0 Å². The van der Waals surface area contributed by atoms with Crippen LogP contribution in [-0.4, -0.2) is 33.9 Å². The molecule has 0 radical (unpaired) electrons. The second kappa shape index (κ2) is 5.42. The lowest BCUT2D eigenvalue weighted by Gasteiger charge is -2.22. The van der Waals surface area contributed by atoms with Crippen LogP contribution in [0.5, 0.6) is 0 Å². The highest BCUT2D eigenvalue weighted by Gasteiger charge is 2.18. The molecule has 0 aromatic carbocycles. The summed E-state index contributed by atoms with van der Waals surface area (Å²) in [5.41, 5.74) is 0.180. The molecule has 5 nitrogen and oxygen atoms in total. The Bertz CT molecular complexity index is 429. The number of aromatic nitrogens is 2. The molecule has 84 valence electrons. The fourth-order valence-corrected chi connectivity index (χ4v) is 1.24. The third-order valence-corrected chi connectivity index (χ3v) is 2.37. The zero-order valence-corrected chi connectivity index (χ0v) is 9.77. The molecular weight excluding hydrogens is 228 g/mol. The van der Waals surface area contributed by atoms with Gasteiger partial charge in [0.05, 0.1) is 24.9 Å². The molecule has 6 heteroatoms. The van der Waals surface area contributed by atoms with E-state index in [0.29, 0.717) is 0 Å². The topological polar surface area (TPSA) is 69.9 Å². The van der Waals surface area contributed by atoms with Gasteiger partial charge in [-0.05, 0) is 6.92 Å². The molecule has 0 aliphatic rings. The fraction of sp³-hybridized carbons (Fsp3) is 0.400. The van der Waals surface area contributed by atoms with Crippen molar-refractivity contribution in [3.63, 3.8) is 0 Å². The van der Waals surface area contributed by atoms with Gasteiger partial charge < -0.3 is 4.90 Å². The Balaban J connectivity index is 2.82. The van der Waals surface area contributed by atoms with Crippen LogP contribution in [0.2, 0.25) is 5.15 Å². The summed E-state index contributed by atoms with van der Waals surface area (Å²) >= 11 is 5.64. The summed E-state index contributed by atoms with van der Waals surface area (Å²) in [6.07, 6.45) is 2.98. The van der Waals surface area contributed by atoms with Crippen LogP contribution in [0.4, 0.5) is 0 Å². The molecule has 1 amide bonds. The van der Waals surface area contributed by atoms with Crippen LogP contribution < -0.4 is 0 Å². The number of halogens is 1. The Kier molecular flexibility index (Phi) is 4.20. The van der Waals surface area contributed by atoms with Crippen molar-refractivity contribution in [3.05, 3.63) is 23.2 Å². The third-order valence-electron chi connectivity index (χ3n) is 2.19. The summed E-state index contributed by atoms with van der Waals surface area (Å²) in [5, 5.41) is 8.72. The predicted molar refractivity (Wildman–Crippen MR) is 58.8 cm³/mol. The van der Waals surface area contributed by atoms with Crippen molar-refractivity contribution in [3.8, 4) is 6.07 Å². The average molecular weight is 239 g/mol. The molecule has 1 atom stereocenters. The van der Waals surface area contributed by atoms with E-state index in [1.807, 2.05) is 6.07 Å². The molecular formula is C10H11ClN4O. The zero-order valence-electron chi connectivity index (χ0n) is 9.01. The SMILES string of the molecule is CC(CC#N)N(C)C(=O)c1cncc(Cl)n1. The molecule has 1 unspecified atom stereocenters. The molecule has 1 heterocycles. The molecule has 0 spiro atoms. The predicted octanol–water partition coefficient (Wildman–Crippen LogP) is 1.50. The highest BCUT2D eigenvalue weighted by Crippen LogP contribution is 2.08. The monoisotopic (exact) mass is 238 g/mol. The quantitative estimate of drug-likeness (QED) is 0.800. The molecule has 1 aromatic heterocycles. The molecule has 0 bridgehead atoms. The first-order chi connectivity index (χ1) is 7.56. The van der Waals surface area contributed by atoms with E-state index in [1.54, 1.807) is 14.0 Å². The van der Waals surface area contributed by atoms with Crippen molar-refractivity contribution in [2.75, 3.05) is 7.05 Å². The van der Waals surface area contributed by atoms with E-state index in [4.69, 9.17) is 16.9 Å². The maximum atomic E-state index is 11.9. The minimum atomic E-state index is -0.294. The first-order valence-corrected chi connectivity index (χ1v) is 5.05. The van der Waals surface area contributed by atoms with Crippen LogP contribution in [0.1, 0.15) is 23.8 Å². The number of nitrogens with zero attached hydrogens (tertiary/aromatic N) is 4. The van der Waals surface area contributed by atoms with Crippen molar-refractivity contribution in [1.29, 1.82) is 5.26 Å². The van der Waals surface area contributed by atoms with Gasteiger partial charge in [0, 0.05) is 13.1 Å². The summed E-state index contributed by atoms with van der Waals surface area (Å²) in [6.45, 7) is 1.79. The van der Waals surface area contributed by atoms with Gasteiger partial charge in [-0.25, -0.2) is 4.98 Å². The lowest BCUT2D eigenvalue weighted by molar-refractivity contribution is 0.0740. The summed E-state index contributed by atoms with van der Waals surface area (Å²) in [6, 6.07) is 1.84. The van der Waals surface area contributed by atoms with Crippen molar-refractivity contribution in [2.45, 2.75) is 19.4 Å². The molecule has 0 fully saturated rings. The van der Waals surface area contributed by atoms with Gasteiger partial charge in [0.1, 0.15) is 10.8 Å². The third kappa shape index (κ3) is 2.91. The lowest BCUT2D eigenvalue weighted by Crippen LogP contribution is -2.35. The Morgan fingerprint density at radius 3 is 2.94 bits per heavy atom. The average Bonchev–Trinajstić information content (AvgIpc) is 2.27. The number of nitriles is 1. The number of hydrogen-bond acceptors (Lipinski definition) is 4. The van der Waals surface area contributed by atoms with Crippen LogP contribution in [-0.2, 0) is 0 Å². The second-order valence-electron chi connectivity index (χ2n) is 3.35. The molecule has 0 N–H and O–H groups in total. The molecule has 1 aromatic rings. The molecule has 0 saturated heterocycles. The van der Waals surface area contributed by atoms with Crippen LogP contribution in [0.15, 0.2) is 12.4 Å². The Morgan fingerprint density at radius 1 is 1.69 bits per heavy atom. The summed E-state index contributed by atoms with van der Waals surface area (Å²) in [5.74, 6) is -0.294. The van der Waals surface area contributed by atoms with Crippen LogP contribution in [0.3, 0.4) is 0 Å². The maximum Gasteiger partial charge on any atom is 0.274 e. The summed E-state index contributed by atoms with van der Waals surface area (Å²) < 4.78 is 0. The highest BCUT2D eigenvalue weighted by molar-refractivity contribution is 6.29.